The second-order valence-corrected chi connectivity index (χ2v) is 7.03. The van der Waals surface area contributed by atoms with Gasteiger partial charge in [0.25, 0.3) is 6.01 Å². The van der Waals surface area contributed by atoms with Crippen molar-refractivity contribution in [2.24, 2.45) is 0 Å². The maximum atomic E-state index is 9.43. The average Bonchev–Trinajstić information content (AvgIpc) is 2.94. The number of aromatic hydroxyl groups is 1. The fourth-order valence-electron chi connectivity index (χ4n) is 2.76. The Kier molecular flexibility index (Phi) is 3.79. The molecule has 0 bridgehead atoms. The molecule has 2 aromatic heterocycles. The molecule has 3 aromatic rings. The largest absolute Gasteiger partial charge is 0.480 e. The smallest absolute Gasteiger partial charge is 0.293 e. The van der Waals surface area contributed by atoms with Crippen LogP contribution in [0.2, 0.25) is 5.02 Å². The van der Waals surface area contributed by atoms with Gasteiger partial charge in [-0.15, -0.1) is 0 Å². The van der Waals surface area contributed by atoms with Crippen LogP contribution in [0.1, 0.15) is 0 Å². The molecule has 2 N–H and O–H groups in total. The molecule has 0 unspecified atom stereocenters. The molecule has 1 saturated heterocycles. The summed E-state index contributed by atoms with van der Waals surface area (Å²) in [5.74, 6) is 2.35. The van der Waals surface area contributed by atoms with Gasteiger partial charge in [0.15, 0.2) is 5.65 Å². The maximum absolute atomic E-state index is 9.43. The highest BCUT2D eigenvalue weighted by Gasteiger charge is 2.13. The molecule has 3 heterocycles. The van der Waals surface area contributed by atoms with E-state index in [1.165, 1.54) is 17.2 Å². The zero-order chi connectivity index (χ0) is 15.8. The van der Waals surface area contributed by atoms with E-state index in [0.29, 0.717) is 21.9 Å². The number of benzene rings is 1. The van der Waals surface area contributed by atoms with E-state index < -0.39 is 0 Å². The topological polar surface area (TPSA) is 65.0 Å². The predicted octanol–water partition coefficient (Wildman–Crippen LogP) is 3.54. The third kappa shape index (κ3) is 2.84. The molecule has 0 radical (unpaired) electrons. The van der Waals surface area contributed by atoms with Crippen LogP contribution in [-0.4, -0.2) is 44.7 Å². The monoisotopic (exact) mass is 346 g/mol. The number of thioether (sulfide) groups is 1. The molecule has 0 atom stereocenters. The Balaban J connectivity index is 1.68. The van der Waals surface area contributed by atoms with Crippen LogP contribution in [0.15, 0.2) is 30.3 Å². The summed E-state index contributed by atoms with van der Waals surface area (Å²) in [5, 5.41) is 9.96. The number of fused-ring (bicyclic) bond motifs is 1. The molecule has 1 aromatic carbocycles. The van der Waals surface area contributed by atoms with Crippen LogP contribution in [0.5, 0.6) is 6.01 Å². The van der Waals surface area contributed by atoms with Crippen molar-refractivity contribution in [1.82, 2.24) is 15.0 Å². The second-order valence-electron chi connectivity index (χ2n) is 5.40. The summed E-state index contributed by atoms with van der Waals surface area (Å²) >= 11 is 8.33. The number of pyridine rings is 1. The standard InChI is InChI=1S/C16H15ClN4OS/c17-12-9-13-15(20-16(22)18-13)19-14(12)10-1-3-11(4-2-10)21-5-7-23-8-6-21/h1-4,9H,5-8H2,(H2,18,19,20,22). The van der Waals surface area contributed by atoms with Crippen molar-refractivity contribution in [1.29, 1.82) is 0 Å². The lowest BCUT2D eigenvalue weighted by atomic mass is 10.1. The lowest BCUT2D eigenvalue weighted by Gasteiger charge is -2.28. The number of nitrogens with zero attached hydrogens (tertiary/aromatic N) is 3. The predicted molar refractivity (Wildman–Crippen MR) is 95.5 cm³/mol. The molecule has 1 aliphatic heterocycles. The van der Waals surface area contributed by atoms with Gasteiger partial charge in [-0.1, -0.05) is 23.7 Å². The Morgan fingerprint density at radius 1 is 1.13 bits per heavy atom. The summed E-state index contributed by atoms with van der Waals surface area (Å²) in [6.45, 7) is 2.17. The molecule has 7 heteroatoms. The summed E-state index contributed by atoms with van der Waals surface area (Å²) in [5.41, 5.74) is 3.92. The Bertz CT molecular complexity index is 843. The Hall–Kier alpha value is -1.92. The van der Waals surface area contributed by atoms with Gasteiger partial charge in [-0.3, -0.25) is 0 Å². The van der Waals surface area contributed by atoms with Gasteiger partial charge in [0, 0.05) is 35.8 Å². The normalized spacial score (nSPS) is 15.3. The van der Waals surface area contributed by atoms with Gasteiger partial charge in [-0.05, 0) is 18.2 Å². The summed E-state index contributed by atoms with van der Waals surface area (Å²) in [4.78, 5) is 13.5. The zero-order valence-corrected chi connectivity index (χ0v) is 13.9. The molecule has 0 aliphatic carbocycles. The molecule has 0 spiro atoms. The quantitative estimate of drug-likeness (QED) is 0.743. The molecule has 5 nitrogen and oxygen atoms in total. The second kappa shape index (κ2) is 5.94. The van der Waals surface area contributed by atoms with Crippen LogP contribution in [0.3, 0.4) is 0 Å². The van der Waals surface area contributed by atoms with Crippen LogP contribution in [0.4, 0.5) is 5.69 Å². The number of hydrogen-bond donors (Lipinski definition) is 2. The van der Waals surface area contributed by atoms with Gasteiger partial charge in [0.05, 0.1) is 16.2 Å². The Morgan fingerprint density at radius 3 is 2.61 bits per heavy atom. The van der Waals surface area contributed by atoms with E-state index in [9.17, 15) is 5.11 Å². The molecule has 1 aliphatic rings. The molecular formula is C16H15ClN4OS. The third-order valence-electron chi connectivity index (χ3n) is 3.93. The third-order valence-corrected chi connectivity index (χ3v) is 5.16. The first-order valence-electron chi connectivity index (χ1n) is 7.39. The lowest BCUT2D eigenvalue weighted by Crippen LogP contribution is -2.32. The lowest BCUT2D eigenvalue weighted by molar-refractivity contribution is 0.438. The van der Waals surface area contributed by atoms with Crippen LogP contribution >= 0.6 is 23.4 Å². The minimum absolute atomic E-state index is 0.154. The number of hydrogen-bond acceptors (Lipinski definition) is 5. The van der Waals surface area contributed by atoms with Crippen molar-refractivity contribution >= 4 is 40.2 Å². The number of aromatic amines is 1. The Labute approximate surface area is 142 Å². The zero-order valence-electron chi connectivity index (χ0n) is 12.3. The first-order chi connectivity index (χ1) is 11.2. The van der Waals surface area contributed by atoms with E-state index in [1.54, 1.807) is 6.07 Å². The fraction of sp³-hybridized carbons (Fsp3) is 0.250. The molecular weight excluding hydrogens is 332 g/mol. The van der Waals surface area contributed by atoms with Crippen molar-refractivity contribution in [3.8, 4) is 17.3 Å². The van der Waals surface area contributed by atoms with Crippen molar-refractivity contribution in [2.75, 3.05) is 29.5 Å². The van der Waals surface area contributed by atoms with Crippen LogP contribution in [0.25, 0.3) is 22.4 Å². The number of aromatic nitrogens is 3. The number of rotatable bonds is 2. The molecule has 0 amide bonds. The molecule has 1 fully saturated rings. The van der Waals surface area contributed by atoms with Gasteiger partial charge < -0.3 is 15.0 Å². The number of halogens is 1. The van der Waals surface area contributed by atoms with E-state index in [2.05, 4.69) is 32.0 Å². The highest BCUT2D eigenvalue weighted by Crippen LogP contribution is 2.31. The summed E-state index contributed by atoms with van der Waals surface area (Å²) in [6, 6.07) is 9.86. The number of H-pyrrole nitrogens is 1. The number of imidazole rings is 1. The first kappa shape index (κ1) is 14.7. The summed E-state index contributed by atoms with van der Waals surface area (Å²) < 4.78 is 0. The van der Waals surface area contributed by atoms with Crippen LogP contribution < -0.4 is 4.90 Å². The average molecular weight is 347 g/mol. The van der Waals surface area contributed by atoms with Crippen molar-refractivity contribution in [3.05, 3.63) is 35.4 Å². The maximum Gasteiger partial charge on any atom is 0.293 e. The van der Waals surface area contributed by atoms with E-state index in [4.69, 9.17) is 11.6 Å². The minimum Gasteiger partial charge on any atom is -0.480 e. The van der Waals surface area contributed by atoms with Crippen molar-refractivity contribution in [2.45, 2.75) is 0 Å². The number of anilines is 1. The van der Waals surface area contributed by atoms with Gasteiger partial charge in [0.1, 0.15) is 0 Å². The van der Waals surface area contributed by atoms with Gasteiger partial charge in [-0.2, -0.15) is 16.7 Å². The van der Waals surface area contributed by atoms with Gasteiger partial charge in [-0.25, -0.2) is 4.98 Å². The fourth-order valence-corrected chi connectivity index (χ4v) is 3.92. The number of nitrogens with one attached hydrogen (secondary N) is 1. The minimum atomic E-state index is -0.154. The van der Waals surface area contributed by atoms with E-state index in [-0.39, 0.29) is 6.01 Å². The molecule has 4 rings (SSSR count). The van der Waals surface area contributed by atoms with Gasteiger partial charge >= 0.3 is 0 Å². The van der Waals surface area contributed by atoms with Gasteiger partial charge in [0.2, 0.25) is 0 Å². The molecule has 118 valence electrons. The first-order valence-corrected chi connectivity index (χ1v) is 8.92. The summed E-state index contributed by atoms with van der Waals surface area (Å²) in [7, 11) is 0. The molecule has 0 saturated carbocycles. The SMILES string of the molecule is Oc1nc2nc(-c3ccc(N4CCSCC4)cc3)c(Cl)cc2[nH]1. The van der Waals surface area contributed by atoms with E-state index >= 15 is 0 Å². The highest BCUT2D eigenvalue weighted by molar-refractivity contribution is 7.99. The van der Waals surface area contributed by atoms with Crippen molar-refractivity contribution < 1.29 is 5.11 Å². The highest BCUT2D eigenvalue weighted by atomic mass is 35.5. The van der Waals surface area contributed by atoms with Crippen LogP contribution in [0, 0.1) is 0 Å². The molecule has 23 heavy (non-hydrogen) atoms. The van der Waals surface area contributed by atoms with Crippen molar-refractivity contribution in [3.63, 3.8) is 0 Å². The van der Waals surface area contributed by atoms with Crippen LogP contribution in [-0.2, 0) is 0 Å². The Morgan fingerprint density at radius 2 is 1.87 bits per heavy atom. The van der Waals surface area contributed by atoms with E-state index in [1.807, 2.05) is 23.9 Å². The van der Waals surface area contributed by atoms with E-state index in [0.717, 1.165) is 18.7 Å². The summed E-state index contributed by atoms with van der Waals surface area (Å²) in [6.07, 6.45) is 0.